The molecule has 0 unspecified atom stereocenters. The molecule has 0 spiro atoms. The molecule has 0 saturated carbocycles. The molecule has 64 valence electrons. The Morgan fingerprint density at radius 3 is 1.64 bits per heavy atom. The molecule has 0 rings (SSSR count). The van der Waals surface area contributed by atoms with Crippen LogP contribution >= 0.6 is 0 Å². The van der Waals surface area contributed by atoms with Gasteiger partial charge in [0.15, 0.2) is 0 Å². The SMILES string of the molecule is C=CC(N)=O.CC(C)(C)C=O. The highest BCUT2D eigenvalue weighted by molar-refractivity contribution is 5.84. The predicted molar refractivity (Wildman–Crippen MR) is 44.9 cm³/mol. The lowest BCUT2D eigenvalue weighted by Crippen LogP contribution is -2.04. The van der Waals surface area contributed by atoms with E-state index < -0.39 is 5.91 Å². The third-order valence-electron chi connectivity index (χ3n) is 0.555. The molecule has 11 heavy (non-hydrogen) atoms. The van der Waals surface area contributed by atoms with Gasteiger partial charge in [0.1, 0.15) is 6.29 Å². The molecular weight excluding hydrogens is 142 g/mol. The summed E-state index contributed by atoms with van der Waals surface area (Å²) in [5, 5.41) is 0. The lowest BCUT2D eigenvalue weighted by molar-refractivity contribution is -0.114. The van der Waals surface area contributed by atoms with Crippen molar-refractivity contribution in [3.8, 4) is 0 Å². The fourth-order valence-electron chi connectivity index (χ4n) is 0. The van der Waals surface area contributed by atoms with Crippen LogP contribution in [0.15, 0.2) is 12.7 Å². The predicted octanol–water partition coefficient (Wildman–Crippen LogP) is 0.889. The minimum absolute atomic E-state index is 0.139. The molecule has 0 aromatic rings. The van der Waals surface area contributed by atoms with Gasteiger partial charge in [-0.2, -0.15) is 0 Å². The van der Waals surface area contributed by atoms with E-state index in [1.165, 1.54) is 0 Å². The van der Waals surface area contributed by atoms with Crippen molar-refractivity contribution < 1.29 is 9.59 Å². The summed E-state index contributed by atoms with van der Waals surface area (Å²) in [5.74, 6) is -0.481. The average Bonchev–Trinajstić information content (AvgIpc) is 1.88. The largest absolute Gasteiger partial charge is 0.366 e. The Kier molecular flexibility index (Phi) is 6.44. The normalized spacial score (nSPS) is 9.00. The van der Waals surface area contributed by atoms with Crippen LogP contribution in [-0.2, 0) is 9.59 Å². The van der Waals surface area contributed by atoms with Crippen molar-refractivity contribution in [2.75, 3.05) is 0 Å². The van der Waals surface area contributed by atoms with E-state index in [0.717, 1.165) is 12.4 Å². The Bertz CT molecular complexity index is 145. The van der Waals surface area contributed by atoms with E-state index in [2.05, 4.69) is 12.3 Å². The van der Waals surface area contributed by atoms with Gasteiger partial charge in [-0.05, 0) is 6.08 Å². The number of hydrogen-bond acceptors (Lipinski definition) is 2. The first kappa shape index (κ1) is 12.5. The molecule has 0 radical (unpaired) electrons. The second-order valence-electron chi connectivity index (χ2n) is 3.09. The Hall–Kier alpha value is -1.12. The molecule has 0 fully saturated rings. The minimum Gasteiger partial charge on any atom is -0.366 e. The molecule has 0 heterocycles. The van der Waals surface area contributed by atoms with Gasteiger partial charge in [0, 0.05) is 5.41 Å². The lowest BCUT2D eigenvalue weighted by Gasteiger charge is -2.03. The van der Waals surface area contributed by atoms with Crippen LogP contribution in [0.1, 0.15) is 20.8 Å². The Balaban J connectivity index is 0. The maximum absolute atomic E-state index is 9.83. The monoisotopic (exact) mass is 157 g/mol. The standard InChI is InChI=1S/C5H10O.C3H5NO/c1-5(2,3)4-6;1-2-3(4)5/h4H,1-3H3;2H,1H2,(H2,4,5). The zero-order chi connectivity index (χ0) is 9.49. The van der Waals surface area contributed by atoms with Gasteiger partial charge in [0.25, 0.3) is 0 Å². The van der Waals surface area contributed by atoms with Crippen LogP contribution in [0.25, 0.3) is 0 Å². The molecule has 0 aliphatic rings. The van der Waals surface area contributed by atoms with E-state index in [4.69, 9.17) is 0 Å². The number of rotatable bonds is 1. The Morgan fingerprint density at radius 2 is 1.64 bits per heavy atom. The summed E-state index contributed by atoms with van der Waals surface area (Å²) in [6, 6.07) is 0. The zero-order valence-corrected chi connectivity index (χ0v) is 7.26. The van der Waals surface area contributed by atoms with Crippen molar-refractivity contribution in [2.45, 2.75) is 20.8 Å². The zero-order valence-electron chi connectivity index (χ0n) is 7.26. The van der Waals surface area contributed by atoms with Gasteiger partial charge in [-0.3, -0.25) is 4.79 Å². The summed E-state index contributed by atoms with van der Waals surface area (Å²) in [6.07, 6.45) is 1.99. The Labute approximate surface area is 67.3 Å². The van der Waals surface area contributed by atoms with Gasteiger partial charge < -0.3 is 10.5 Å². The molecule has 0 bridgehead atoms. The minimum atomic E-state index is -0.481. The summed E-state index contributed by atoms with van der Waals surface area (Å²) in [6.45, 7) is 8.71. The van der Waals surface area contributed by atoms with E-state index in [1.54, 1.807) is 0 Å². The second kappa shape index (κ2) is 5.65. The molecule has 1 amide bonds. The first-order valence-corrected chi connectivity index (χ1v) is 3.21. The third kappa shape index (κ3) is 27.9. The van der Waals surface area contributed by atoms with Crippen LogP contribution < -0.4 is 5.73 Å². The average molecular weight is 157 g/mol. The van der Waals surface area contributed by atoms with E-state index >= 15 is 0 Å². The number of carbonyl (C=O) groups excluding carboxylic acids is 2. The number of primary amides is 1. The maximum Gasteiger partial charge on any atom is 0.240 e. The van der Waals surface area contributed by atoms with Gasteiger partial charge in [-0.1, -0.05) is 27.4 Å². The fourth-order valence-corrected chi connectivity index (χ4v) is 0. The topological polar surface area (TPSA) is 60.2 Å². The maximum atomic E-state index is 9.83. The van der Waals surface area contributed by atoms with Crippen LogP contribution in [0.5, 0.6) is 0 Å². The molecule has 0 aliphatic heterocycles. The summed E-state index contributed by atoms with van der Waals surface area (Å²) >= 11 is 0. The van der Waals surface area contributed by atoms with Crippen molar-refractivity contribution in [1.82, 2.24) is 0 Å². The van der Waals surface area contributed by atoms with Gasteiger partial charge in [-0.15, -0.1) is 0 Å². The fraction of sp³-hybridized carbons (Fsp3) is 0.500. The summed E-state index contributed by atoms with van der Waals surface area (Å²) in [4.78, 5) is 19.3. The number of carbonyl (C=O) groups is 2. The Morgan fingerprint density at radius 1 is 1.45 bits per heavy atom. The summed E-state index contributed by atoms with van der Waals surface area (Å²) in [7, 11) is 0. The quantitative estimate of drug-likeness (QED) is 0.454. The molecular formula is C8H15NO2. The molecule has 3 heteroatoms. The van der Waals surface area contributed by atoms with E-state index in [0.29, 0.717) is 0 Å². The van der Waals surface area contributed by atoms with Gasteiger partial charge in [0.2, 0.25) is 5.91 Å². The number of nitrogens with two attached hydrogens (primary N) is 1. The first-order valence-electron chi connectivity index (χ1n) is 3.21. The summed E-state index contributed by atoms with van der Waals surface area (Å²) in [5.41, 5.74) is 4.40. The van der Waals surface area contributed by atoms with Crippen LogP contribution in [0.2, 0.25) is 0 Å². The molecule has 0 aliphatic carbocycles. The third-order valence-corrected chi connectivity index (χ3v) is 0.555. The molecule has 0 atom stereocenters. The van der Waals surface area contributed by atoms with Crippen LogP contribution in [-0.4, -0.2) is 12.2 Å². The molecule has 3 nitrogen and oxygen atoms in total. The van der Waals surface area contributed by atoms with Crippen LogP contribution in [0.3, 0.4) is 0 Å². The van der Waals surface area contributed by atoms with Gasteiger partial charge in [0.05, 0.1) is 0 Å². The number of aldehydes is 1. The first-order chi connectivity index (χ1) is 4.83. The smallest absolute Gasteiger partial charge is 0.240 e. The summed E-state index contributed by atoms with van der Waals surface area (Å²) < 4.78 is 0. The van der Waals surface area contributed by atoms with E-state index in [9.17, 15) is 9.59 Å². The van der Waals surface area contributed by atoms with Crippen molar-refractivity contribution in [3.63, 3.8) is 0 Å². The molecule has 2 N–H and O–H groups in total. The highest BCUT2D eigenvalue weighted by Gasteiger charge is 2.04. The molecule has 0 aromatic carbocycles. The lowest BCUT2D eigenvalue weighted by atomic mass is 10.0. The van der Waals surface area contributed by atoms with Crippen molar-refractivity contribution in [2.24, 2.45) is 11.1 Å². The second-order valence-corrected chi connectivity index (χ2v) is 3.09. The van der Waals surface area contributed by atoms with Gasteiger partial charge >= 0.3 is 0 Å². The molecule has 0 aromatic heterocycles. The van der Waals surface area contributed by atoms with Crippen molar-refractivity contribution >= 4 is 12.2 Å². The molecule has 0 saturated heterocycles. The number of hydrogen-bond donors (Lipinski definition) is 1. The number of amides is 1. The van der Waals surface area contributed by atoms with Crippen LogP contribution in [0.4, 0.5) is 0 Å². The van der Waals surface area contributed by atoms with Gasteiger partial charge in [-0.25, -0.2) is 0 Å². The van der Waals surface area contributed by atoms with E-state index in [-0.39, 0.29) is 5.41 Å². The van der Waals surface area contributed by atoms with Crippen molar-refractivity contribution in [3.05, 3.63) is 12.7 Å². The van der Waals surface area contributed by atoms with Crippen molar-refractivity contribution in [1.29, 1.82) is 0 Å². The highest BCUT2D eigenvalue weighted by Crippen LogP contribution is 2.05. The van der Waals surface area contributed by atoms with E-state index in [1.807, 2.05) is 20.8 Å². The van der Waals surface area contributed by atoms with Crippen LogP contribution in [0, 0.1) is 5.41 Å². The highest BCUT2D eigenvalue weighted by atomic mass is 16.1.